The number of aryl methyl sites for hydroxylation is 1. The molecule has 0 bridgehead atoms. The van der Waals surface area contributed by atoms with Gasteiger partial charge in [-0.3, -0.25) is 14.5 Å². The number of likely N-dealkylation sites (N-methyl/N-ethyl adjacent to an activating group) is 1. The van der Waals surface area contributed by atoms with E-state index in [1.54, 1.807) is 0 Å². The molecule has 1 N–H and O–H groups in total. The summed E-state index contributed by atoms with van der Waals surface area (Å²) in [6.07, 6.45) is 2.09. The van der Waals surface area contributed by atoms with Gasteiger partial charge in [-0.1, -0.05) is 6.92 Å². The molecule has 134 valence electrons. The van der Waals surface area contributed by atoms with Crippen LogP contribution in [0.15, 0.2) is 16.5 Å². The highest BCUT2D eigenvalue weighted by Crippen LogP contribution is 2.29. The van der Waals surface area contributed by atoms with Gasteiger partial charge in [0.2, 0.25) is 11.8 Å². The van der Waals surface area contributed by atoms with Gasteiger partial charge in [0.1, 0.15) is 11.5 Å². The smallest absolute Gasteiger partial charge is 0.237 e. The summed E-state index contributed by atoms with van der Waals surface area (Å²) in [5.41, 5.74) is 0. The average molecular weight is 335 g/mol. The van der Waals surface area contributed by atoms with Crippen molar-refractivity contribution in [2.24, 2.45) is 0 Å². The van der Waals surface area contributed by atoms with E-state index in [1.165, 1.54) is 0 Å². The summed E-state index contributed by atoms with van der Waals surface area (Å²) in [5.74, 6) is 1.69. The van der Waals surface area contributed by atoms with E-state index in [0.717, 1.165) is 24.4 Å². The topological polar surface area (TPSA) is 65.8 Å². The highest BCUT2D eigenvalue weighted by Gasteiger charge is 2.33. The molecule has 1 aliphatic rings. The summed E-state index contributed by atoms with van der Waals surface area (Å²) in [6, 6.07) is 4.26. The van der Waals surface area contributed by atoms with Crippen LogP contribution in [-0.2, 0) is 16.1 Å². The summed E-state index contributed by atoms with van der Waals surface area (Å²) in [4.78, 5) is 28.4. The Morgan fingerprint density at radius 3 is 2.50 bits per heavy atom. The van der Waals surface area contributed by atoms with Gasteiger partial charge in [-0.2, -0.15) is 0 Å². The van der Waals surface area contributed by atoms with E-state index in [4.69, 9.17) is 4.42 Å². The second-order valence-corrected chi connectivity index (χ2v) is 6.79. The van der Waals surface area contributed by atoms with Crippen LogP contribution in [0.25, 0.3) is 0 Å². The molecule has 0 spiro atoms. The Labute approximate surface area is 144 Å². The quantitative estimate of drug-likeness (QED) is 0.749. The second-order valence-electron chi connectivity index (χ2n) is 6.79. The Balaban J connectivity index is 1.92. The molecule has 6 nitrogen and oxygen atoms in total. The maximum atomic E-state index is 12.7. The van der Waals surface area contributed by atoms with Crippen molar-refractivity contribution in [3.63, 3.8) is 0 Å². The van der Waals surface area contributed by atoms with Crippen LogP contribution in [0.5, 0.6) is 0 Å². The van der Waals surface area contributed by atoms with Gasteiger partial charge in [-0.05, 0) is 52.3 Å². The molecule has 1 aliphatic carbocycles. The predicted molar refractivity (Wildman–Crippen MR) is 92.4 cm³/mol. The molecule has 6 heteroatoms. The Hall–Kier alpha value is -1.82. The standard InChI is InChI=1S/C18H29N3O3/c1-5-20(11-17(22)19-13(2)3)12-18(23)21(15-7-8-15)10-16-9-6-14(4)24-16/h6,9,13,15H,5,7-8,10-12H2,1-4H3,(H,19,22). The molecule has 24 heavy (non-hydrogen) atoms. The third kappa shape index (κ3) is 5.67. The number of nitrogens with zero attached hydrogens (tertiary/aromatic N) is 2. The molecule has 0 atom stereocenters. The number of amides is 2. The van der Waals surface area contributed by atoms with Gasteiger partial charge in [-0.15, -0.1) is 0 Å². The summed E-state index contributed by atoms with van der Waals surface area (Å²) in [5, 5.41) is 2.87. The molecule has 1 aromatic heterocycles. The van der Waals surface area contributed by atoms with Crippen molar-refractivity contribution >= 4 is 11.8 Å². The summed E-state index contributed by atoms with van der Waals surface area (Å²) in [7, 11) is 0. The van der Waals surface area contributed by atoms with Crippen LogP contribution in [0.4, 0.5) is 0 Å². The Morgan fingerprint density at radius 1 is 1.29 bits per heavy atom. The van der Waals surface area contributed by atoms with Gasteiger partial charge >= 0.3 is 0 Å². The second kappa shape index (κ2) is 8.33. The first-order valence-electron chi connectivity index (χ1n) is 8.75. The van der Waals surface area contributed by atoms with Crippen LogP contribution >= 0.6 is 0 Å². The van der Waals surface area contributed by atoms with Crippen molar-refractivity contribution in [3.8, 4) is 0 Å². The zero-order valence-corrected chi connectivity index (χ0v) is 15.2. The Bertz CT molecular complexity index is 564. The van der Waals surface area contributed by atoms with Crippen LogP contribution in [0.1, 0.15) is 45.1 Å². The number of hydrogen-bond donors (Lipinski definition) is 1. The highest BCUT2D eigenvalue weighted by molar-refractivity contribution is 5.81. The third-order valence-electron chi connectivity index (χ3n) is 4.05. The minimum Gasteiger partial charge on any atom is -0.464 e. The molecule has 0 saturated heterocycles. The highest BCUT2D eigenvalue weighted by atomic mass is 16.3. The number of furan rings is 1. The lowest BCUT2D eigenvalue weighted by atomic mass is 10.3. The van der Waals surface area contributed by atoms with Crippen LogP contribution in [-0.4, -0.2) is 53.3 Å². The van der Waals surface area contributed by atoms with Gasteiger partial charge in [0.25, 0.3) is 0 Å². The molecule has 0 radical (unpaired) electrons. The fourth-order valence-corrected chi connectivity index (χ4v) is 2.68. The molecule has 2 rings (SSSR count). The van der Waals surface area contributed by atoms with E-state index < -0.39 is 0 Å². The summed E-state index contributed by atoms with van der Waals surface area (Å²) < 4.78 is 5.61. The van der Waals surface area contributed by atoms with Gasteiger partial charge in [0.05, 0.1) is 19.6 Å². The van der Waals surface area contributed by atoms with E-state index in [2.05, 4.69) is 5.32 Å². The van der Waals surface area contributed by atoms with Crippen LogP contribution in [0.2, 0.25) is 0 Å². The Kier molecular flexibility index (Phi) is 6.43. The minimum absolute atomic E-state index is 0.0423. The van der Waals surface area contributed by atoms with Crippen LogP contribution in [0.3, 0.4) is 0 Å². The van der Waals surface area contributed by atoms with Gasteiger partial charge < -0.3 is 14.6 Å². The van der Waals surface area contributed by atoms with E-state index in [9.17, 15) is 9.59 Å². The Morgan fingerprint density at radius 2 is 2.00 bits per heavy atom. The molecule has 0 aromatic carbocycles. The molecule has 1 saturated carbocycles. The lowest BCUT2D eigenvalue weighted by Crippen LogP contribution is -2.45. The number of nitrogens with one attached hydrogen (secondary N) is 1. The van der Waals surface area contributed by atoms with Crippen LogP contribution < -0.4 is 5.32 Å². The van der Waals surface area contributed by atoms with E-state index in [0.29, 0.717) is 19.1 Å². The van der Waals surface area contributed by atoms with Crippen molar-refractivity contribution in [2.75, 3.05) is 19.6 Å². The zero-order valence-electron chi connectivity index (χ0n) is 15.2. The van der Waals surface area contributed by atoms with E-state index >= 15 is 0 Å². The number of hydrogen-bond acceptors (Lipinski definition) is 4. The molecule has 1 aromatic rings. The fourth-order valence-electron chi connectivity index (χ4n) is 2.68. The first-order chi connectivity index (χ1) is 11.4. The number of carbonyl (C=O) groups excluding carboxylic acids is 2. The van der Waals surface area contributed by atoms with Gasteiger partial charge in [0.15, 0.2) is 0 Å². The average Bonchev–Trinajstić information content (AvgIpc) is 3.25. The largest absolute Gasteiger partial charge is 0.464 e. The lowest BCUT2D eigenvalue weighted by molar-refractivity contribution is -0.134. The molecular formula is C18H29N3O3. The molecule has 0 unspecified atom stereocenters. The molecule has 1 heterocycles. The summed E-state index contributed by atoms with van der Waals surface area (Å²) >= 11 is 0. The maximum Gasteiger partial charge on any atom is 0.237 e. The third-order valence-corrected chi connectivity index (χ3v) is 4.05. The van der Waals surface area contributed by atoms with Gasteiger partial charge in [0, 0.05) is 12.1 Å². The fraction of sp³-hybridized carbons (Fsp3) is 0.667. The van der Waals surface area contributed by atoms with Crippen molar-refractivity contribution in [1.29, 1.82) is 0 Å². The van der Waals surface area contributed by atoms with Gasteiger partial charge in [-0.25, -0.2) is 0 Å². The van der Waals surface area contributed by atoms with E-state index in [1.807, 2.05) is 49.6 Å². The normalized spacial score (nSPS) is 14.2. The number of carbonyl (C=O) groups is 2. The first-order valence-corrected chi connectivity index (χ1v) is 8.75. The van der Waals surface area contributed by atoms with Crippen molar-refractivity contribution < 1.29 is 14.0 Å². The van der Waals surface area contributed by atoms with Crippen molar-refractivity contribution in [3.05, 3.63) is 23.7 Å². The number of rotatable bonds is 9. The molecule has 1 fully saturated rings. The molecule has 0 aliphatic heterocycles. The van der Waals surface area contributed by atoms with Crippen molar-refractivity contribution in [1.82, 2.24) is 15.1 Å². The summed E-state index contributed by atoms with van der Waals surface area (Å²) in [6.45, 7) is 9.41. The molecular weight excluding hydrogens is 306 g/mol. The lowest BCUT2D eigenvalue weighted by Gasteiger charge is -2.26. The molecule has 2 amide bonds. The van der Waals surface area contributed by atoms with Crippen LogP contribution in [0, 0.1) is 6.92 Å². The monoisotopic (exact) mass is 335 g/mol. The van der Waals surface area contributed by atoms with Crippen molar-refractivity contribution in [2.45, 2.75) is 59.2 Å². The maximum absolute atomic E-state index is 12.7. The zero-order chi connectivity index (χ0) is 17.7. The minimum atomic E-state index is -0.0423. The van der Waals surface area contributed by atoms with E-state index in [-0.39, 0.29) is 30.9 Å². The predicted octanol–water partition coefficient (Wildman–Crippen LogP) is 1.93. The SMILES string of the molecule is CCN(CC(=O)NC(C)C)CC(=O)N(Cc1ccc(C)o1)C1CC1. The first kappa shape index (κ1) is 18.5.